The van der Waals surface area contributed by atoms with Crippen LogP contribution in [0.2, 0.25) is 0 Å². The van der Waals surface area contributed by atoms with Gasteiger partial charge in [-0.05, 0) is 38.5 Å². The maximum Gasteiger partial charge on any atom is 0.0720 e. The van der Waals surface area contributed by atoms with E-state index in [4.69, 9.17) is 19.9 Å². The second-order valence-electron chi connectivity index (χ2n) is 6.35. The average molecular weight is 285 g/mol. The van der Waals surface area contributed by atoms with E-state index in [9.17, 15) is 0 Å². The maximum absolute atomic E-state index is 6.17. The molecule has 1 saturated carbocycles. The molecule has 2 aliphatic rings. The van der Waals surface area contributed by atoms with Gasteiger partial charge < -0.3 is 19.9 Å². The maximum atomic E-state index is 6.17. The first-order valence-corrected chi connectivity index (χ1v) is 8.32. The van der Waals surface area contributed by atoms with E-state index in [1.165, 1.54) is 32.1 Å². The van der Waals surface area contributed by atoms with Crippen molar-refractivity contribution >= 4 is 0 Å². The van der Waals surface area contributed by atoms with Crippen LogP contribution in [0.5, 0.6) is 0 Å². The molecule has 4 heteroatoms. The highest BCUT2D eigenvalue weighted by atomic mass is 16.5. The molecular formula is C16H31NO3. The first kappa shape index (κ1) is 16.2. The van der Waals surface area contributed by atoms with Gasteiger partial charge in [0.05, 0.1) is 24.9 Å². The number of ether oxygens (including phenoxy) is 3. The van der Waals surface area contributed by atoms with Gasteiger partial charge in [0.2, 0.25) is 0 Å². The van der Waals surface area contributed by atoms with Crippen LogP contribution in [0.3, 0.4) is 0 Å². The lowest BCUT2D eigenvalue weighted by atomic mass is 9.90. The first-order valence-electron chi connectivity index (χ1n) is 8.32. The van der Waals surface area contributed by atoms with Crippen molar-refractivity contribution in [3.8, 4) is 0 Å². The third-order valence-corrected chi connectivity index (χ3v) is 4.62. The summed E-state index contributed by atoms with van der Waals surface area (Å²) in [5.41, 5.74) is 6.17. The Kier molecular flexibility index (Phi) is 7.28. The molecule has 4 nitrogen and oxygen atoms in total. The second kappa shape index (κ2) is 8.98. The van der Waals surface area contributed by atoms with Gasteiger partial charge in [-0.15, -0.1) is 0 Å². The normalized spacial score (nSPS) is 25.5. The molecule has 0 aromatic heterocycles. The van der Waals surface area contributed by atoms with Crippen LogP contribution >= 0.6 is 0 Å². The van der Waals surface area contributed by atoms with E-state index in [-0.39, 0.29) is 12.1 Å². The molecule has 0 spiro atoms. The van der Waals surface area contributed by atoms with Crippen molar-refractivity contribution in [2.24, 2.45) is 11.7 Å². The fraction of sp³-hybridized carbons (Fsp3) is 1.00. The lowest BCUT2D eigenvalue weighted by molar-refractivity contribution is -0.0555. The Morgan fingerprint density at radius 2 is 1.80 bits per heavy atom. The summed E-state index contributed by atoms with van der Waals surface area (Å²) in [5, 5.41) is 0. The van der Waals surface area contributed by atoms with Crippen LogP contribution < -0.4 is 5.73 Å². The molecule has 1 heterocycles. The topological polar surface area (TPSA) is 53.7 Å². The number of hydrogen-bond donors (Lipinski definition) is 1. The minimum Gasteiger partial charge on any atom is -0.381 e. The molecule has 0 aromatic rings. The van der Waals surface area contributed by atoms with Gasteiger partial charge >= 0.3 is 0 Å². The van der Waals surface area contributed by atoms with Crippen molar-refractivity contribution in [2.75, 3.05) is 26.4 Å². The number of nitrogens with two attached hydrogens (primary N) is 1. The van der Waals surface area contributed by atoms with Crippen LogP contribution in [0.4, 0.5) is 0 Å². The first-order chi connectivity index (χ1) is 9.75. The van der Waals surface area contributed by atoms with Crippen molar-refractivity contribution in [1.29, 1.82) is 0 Å². The van der Waals surface area contributed by atoms with Gasteiger partial charge in [0.1, 0.15) is 0 Å². The molecule has 1 aliphatic carbocycles. The van der Waals surface area contributed by atoms with Gasteiger partial charge in [0.25, 0.3) is 0 Å². The van der Waals surface area contributed by atoms with Gasteiger partial charge in [-0.3, -0.25) is 0 Å². The van der Waals surface area contributed by atoms with E-state index in [1.807, 2.05) is 0 Å². The second-order valence-corrected chi connectivity index (χ2v) is 6.35. The largest absolute Gasteiger partial charge is 0.381 e. The zero-order valence-corrected chi connectivity index (χ0v) is 12.9. The summed E-state index contributed by atoms with van der Waals surface area (Å²) in [4.78, 5) is 0. The van der Waals surface area contributed by atoms with Crippen LogP contribution in [0.1, 0.15) is 51.9 Å². The Balaban J connectivity index is 1.57. The van der Waals surface area contributed by atoms with Crippen LogP contribution in [0, 0.1) is 5.92 Å². The molecular weight excluding hydrogens is 254 g/mol. The highest BCUT2D eigenvalue weighted by Gasteiger charge is 2.20. The highest BCUT2D eigenvalue weighted by Crippen LogP contribution is 2.24. The summed E-state index contributed by atoms with van der Waals surface area (Å²) in [6.45, 7) is 5.16. The van der Waals surface area contributed by atoms with Crippen molar-refractivity contribution < 1.29 is 14.2 Å². The molecule has 1 aliphatic heterocycles. The van der Waals surface area contributed by atoms with Crippen LogP contribution in [0.25, 0.3) is 0 Å². The van der Waals surface area contributed by atoms with E-state index in [2.05, 4.69) is 6.92 Å². The zero-order chi connectivity index (χ0) is 14.2. The number of hydrogen-bond acceptors (Lipinski definition) is 4. The Hall–Kier alpha value is -0.160. The molecule has 0 aromatic carbocycles. The molecule has 20 heavy (non-hydrogen) atoms. The zero-order valence-electron chi connectivity index (χ0n) is 12.9. The van der Waals surface area contributed by atoms with Crippen molar-refractivity contribution in [2.45, 2.75) is 70.1 Å². The molecule has 2 rings (SSSR count). The predicted molar refractivity (Wildman–Crippen MR) is 79.8 cm³/mol. The van der Waals surface area contributed by atoms with Gasteiger partial charge in [-0.2, -0.15) is 0 Å². The van der Waals surface area contributed by atoms with Gasteiger partial charge in [-0.1, -0.05) is 19.3 Å². The van der Waals surface area contributed by atoms with E-state index in [1.54, 1.807) is 0 Å². The highest BCUT2D eigenvalue weighted by molar-refractivity contribution is 4.72. The van der Waals surface area contributed by atoms with Gasteiger partial charge in [0.15, 0.2) is 0 Å². The quantitative estimate of drug-likeness (QED) is 0.781. The summed E-state index contributed by atoms with van der Waals surface area (Å²) in [6.07, 6.45) is 9.14. The fourth-order valence-corrected chi connectivity index (χ4v) is 2.99. The monoisotopic (exact) mass is 285 g/mol. The molecule has 2 fully saturated rings. The Labute approximate surface area is 123 Å². The Morgan fingerprint density at radius 3 is 2.50 bits per heavy atom. The standard InChI is InChI=1S/C16H31NO3/c1-13(19-11-14-5-3-2-4-6-14)16(17)12-20-15-7-9-18-10-8-15/h13-16H,2-12,17H2,1H3/t13-,16-/m1/s1. The summed E-state index contributed by atoms with van der Waals surface area (Å²) < 4.78 is 17.1. The fourth-order valence-electron chi connectivity index (χ4n) is 2.99. The lowest BCUT2D eigenvalue weighted by Crippen LogP contribution is -2.41. The SMILES string of the molecule is C[C@@H](OCC1CCCCC1)[C@H](N)COC1CCOCC1. The van der Waals surface area contributed by atoms with E-state index in [0.717, 1.165) is 38.6 Å². The molecule has 0 bridgehead atoms. The minimum atomic E-state index is -0.0264. The van der Waals surface area contributed by atoms with Crippen LogP contribution in [-0.2, 0) is 14.2 Å². The molecule has 0 amide bonds. The Bertz CT molecular complexity index is 224. The van der Waals surface area contributed by atoms with E-state index < -0.39 is 0 Å². The van der Waals surface area contributed by atoms with Gasteiger partial charge in [0, 0.05) is 19.8 Å². The third kappa shape index (κ3) is 5.68. The molecule has 118 valence electrons. The van der Waals surface area contributed by atoms with E-state index >= 15 is 0 Å². The van der Waals surface area contributed by atoms with Crippen molar-refractivity contribution in [3.63, 3.8) is 0 Å². The lowest BCUT2D eigenvalue weighted by Gasteiger charge is -2.28. The summed E-state index contributed by atoms with van der Waals surface area (Å²) in [5.74, 6) is 0.745. The van der Waals surface area contributed by atoms with Crippen LogP contribution in [-0.4, -0.2) is 44.7 Å². The summed E-state index contributed by atoms with van der Waals surface area (Å²) in [7, 11) is 0. The van der Waals surface area contributed by atoms with E-state index in [0.29, 0.717) is 12.7 Å². The minimum absolute atomic E-state index is 0.0264. The third-order valence-electron chi connectivity index (χ3n) is 4.62. The summed E-state index contributed by atoms with van der Waals surface area (Å²) >= 11 is 0. The summed E-state index contributed by atoms with van der Waals surface area (Å²) in [6, 6.07) is -0.0264. The average Bonchev–Trinajstić information content (AvgIpc) is 2.52. The van der Waals surface area contributed by atoms with Crippen LogP contribution in [0.15, 0.2) is 0 Å². The predicted octanol–water partition coefficient (Wildman–Crippen LogP) is 2.49. The molecule has 0 radical (unpaired) electrons. The number of rotatable bonds is 7. The smallest absolute Gasteiger partial charge is 0.0720 e. The van der Waals surface area contributed by atoms with Gasteiger partial charge in [-0.25, -0.2) is 0 Å². The molecule has 0 unspecified atom stereocenters. The van der Waals surface area contributed by atoms with Crippen molar-refractivity contribution in [1.82, 2.24) is 0 Å². The molecule has 2 atom stereocenters. The van der Waals surface area contributed by atoms with Crippen molar-refractivity contribution in [3.05, 3.63) is 0 Å². The molecule has 1 saturated heterocycles. The molecule has 2 N–H and O–H groups in total. The Morgan fingerprint density at radius 1 is 1.10 bits per heavy atom.